The number of methoxy groups -OCH3 is 1. The highest BCUT2D eigenvalue weighted by molar-refractivity contribution is 5.97. The minimum Gasteiger partial charge on any atom is -0.369 e. The lowest BCUT2D eigenvalue weighted by molar-refractivity contribution is -0.384. The van der Waals surface area contributed by atoms with Gasteiger partial charge in [-0.2, -0.15) is 5.26 Å². The zero-order chi connectivity index (χ0) is 14.6. The van der Waals surface area contributed by atoms with Crippen LogP contribution in [0.2, 0.25) is 0 Å². The number of rotatable bonds is 4. The normalized spacial score (nSPS) is 10.6. The molecule has 0 fully saturated rings. The lowest BCUT2D eigenvalue weighted by Gasteiger charge is -2.21. The Kier molecular flexibility index (Phi) is 4.19. The molecule has 0 heterocycles. The van der Waals surface area contributed by atoms with E-state index in [0.717, 1.165) is 6.07 Å². The minimum absolute atomic E-state index is 0.0226. The summed E-state index contributed by atoms with van der Waals surface area (Å²) in [5.74, 6) is -0.444. The number of nitro groups is 1. The summed E-state index contributed by atoms with van der Waals surface area (Å²) in [4.78, 5) is 21.9. The average Bonchev–Trinajstić information content (AvgIpc) is 2.38. The van der Waals surface area contributed by atoms with E-state index in [4.69, 9.17) is 10.00 Å². The van der Waals surface area contributed by atoms with E-state index in [0.29, 0.717) is 0 Å². The Labute approximate surface area is 109 Å². The Morgan fingerprint density at radius 1 is 1.53 bits per heavy atom. The lowest BCUT2D eigenvalue weighted by atomic mass is 10.1. The number of nitrogens with one attached hydrogen (secondary N) is 1. The number of hydrogen-bond donors (Lipinski definition) is 1. The van der Waals surface area contributed by atoms with E-state index >= 15 is 0 Å². The summed E-state index contributed by atoms with van der Waals surface area (Å²) in [6.45, 7) is 3.14. The molecule has 0 aromatic heterocycles. The predicted octanol–water partition coefficient (Wildman–Crippen LogP) is 1.83. The quantitative estimate of drug-likeness (QED) is 0.659. The van der Waals surface area contributed by atoms with Crippen LogP contribution < -0.4 is 5.32 Å². The third kappa shape index (κ3) is 3.26. The second-order valence-corrected chi connectivity index (χ2v) is 4.27. The molecule has 1 aromatic rings. The number of hydrogen-bond acceptors (Lipinski definition) is 5. The number of non-ortho nitro benzene ring substituents is 1. The molecule has 0 atom stereocenters. The van der Waals surface area contributed by atoms with E-state index in [9.17, 15) is 14.9 Å². The number of anilines is 1. The fourth-order valence-electron chi connectivity index (χ4n) is 1.21. The van der Waals surface area contributed by atoms with E-state index in [1.54, 1.807) is 19.9 Å². The molecular formula is C12H13N3O4. The van der Waals surface area contributed by atoms with E-state index < -0.39 is 16.4 Å². The summed E-state index contributed by atoms with van der Waals surface area (Å²) in [5.41, 5.74) is -1.03. The molecule has 0 aliphatic carbocycles. The van der Waals surface area contributed by atoms with Crippen molar-refractivity contribution < 1.29 is 14.5 Å². The van der Waals surface area contributed by atoms with Gasteiger partial charge in [0.1, 0.15) is 11.7 Å². The van der Waals surface area contributed by atoms with Gasteiger partial charge >= 0.3 is 0 Å². The van der Waals surface area contributed by atoms with Gasteiger partial charge in [0.25, 0.3) is 11.6 Å². The van der Waals surface area contributed by atoms with Gasteiger partial charge in [-0.15, -0.1) is 0 Å². The van der Waals surface area contributed by atoms with Crippen LogP contribution in [0.15, 0.2) is 18.2 Å². The molecule has 1 rings (SSSR count). The van der Waals surface area contributed by atoms with Crippen molar-refractivity contribution in [1.29, 1.82) is 5.26 Å². The van der Waals surface area contributed by atoms with Gasteiger partial charge in [-0.05, 0) is 19.9 Å². The molecule has 0 spiro atoms. The second kappa shape index (κ2) is 5.46. The number of ether oxygens (including phenoxy) is 1. The van der Waals surface area contributed by atoms with Gasteiger partial charge in [-0.3, -0.25) is 14.9 Å². The molecule has 19 heavy (non-hydrogen) atoms. The molecule has 1 N–H and O–H groups in total. The molecule has 1 amide bonds. The number of amides is 1. The highest BCUT2D eigenvalue weighted by atomic mass is 16.6. The van der Waals surface area contributed by atoms with Crippen molar-refractivity contribution in [2.45, 2.75) is 19.4 Å². The summed E-state index contributed by atoms with van der Waals surface area (Å²) in [5, 5.41) is 22.0. The maximum atomic E-state index is 11.9. The molecule has 0 radical (unpaired) electrons. The van der Waals surface area contributed by atoms with Crippen molar-refractivity contribution >= 4 is 17.3 Å². The molecule has 0 saturated carbocycles. The number of nitro benzene ring substituents is 1. The maximum Gasteiger partial charge on any atom is 0.270 e. The van der Waals surface area contributed by atoms with Gasteiger partial charge in [0.15, 0.2) is 0 Å². The second-order valence-electron chi connectivity index (χ2n) is 4.27. The van der Waals surface area contributed by atoms with Crippen LogP contribution >= 0.6 is 0 Å². The molecule has 0 unspecified atom stereocenters. The summed E-state index contributed by atoms with van der Waals surface area (Å²) < 4.78 is 5.00. The standard InChI is InChI=1S/C12H13N3O4/c1-12(2,19-3)11(16)14-10-5-4-9(15(17)18)6-8(10)7-13/h4-6H,1-3H3,(H,14,16). The molecule has 0 bridgehead atoms. The van der Waals surface area contributed by atoms with Gasteiger partial charge in [0.05, 0.1) is 16.2 Å². The van der Waals surface area contributed by atoms with Crippen LogP contribution in [0.25, 0.3) is 0 Å². The van der Waals surface area contributed by atoms with Crippen molar-refractivity contribution in [3.8, 4) is 6.07 Å². The number of nitrogens with zero attached hydrogens (tertiary/aromatic N) is 2. The highest BCUT2D eigenvalue weighted by Crippen LogP contribution is 2.22. The van der Waals surface area contributed by atoms with Crippen LogP contribution in [0.4, 0.5) is 11.4 Å². The first-order valence-corrected chi connectivity index (χ1v) is 5.37. The van der Waals surface area contributed by atoms with Crippen LogP contribution in [-0.4, -0.2) is 23.5 Å². The predicted molar refractivity (Wildman–Crippen MR) is 67.5 cm³/mol. The van der Waals surface area contributed by atoms with E-state index in [-0.39, 0.29) is 16.9 Å². The SMILES string of the molecule is COC(C)(C)C(=O)Nc1ccc([N+](=O)[O-])cc1C#N. The van der Waals surface area contributed by atoms with Crippen LogP contribution in [0.3, 0.4) is 0 Å². The third-order valence-electron chi connectivity index (χ3n) is 2.64. The van der Waals surface area contributed by atoms with Crippen molar-refractivity contribution in [2.24, 2.45) is 0 Å². The Morgan fingerprint density at radius 2 is 2.16 bits per heavy atom. The summed E-state index contributed by atoms with van der Waals surface area (Å²) in [7, 11) is 1.39. The Balaban J connectivity index is 3.07. The van der Waals surface area contributed by atoms with Gasteiger partial charge in [0.2, 0.25) is 0 Å². The number of carbonyl (C=O) groups is 1. The number of carbonyl (C=O) groups excluding carboxylic acids is 1. The molecule has 0 saturated heterocycles. The highest BCUT2D eigenvalue weighted by Gasteiger charge is 2.27. The molecule has 0 aliphatic rings. The van der Waals surface area contributed by atoms with Crippen molar-refractivity contribution in [1.82, 2.24) is 0 Å². The summed E-state index contributed by atoms with van der Waals surface area (Å²) >= 11 is 0. The van der Waals surface area contributed by atoms with Gasteiger partial charge in [0, 0.05) is 19.2 Å². The number of nitriles is 1. The smallest absolute Gasteiger partial charge is 0.270 e. The zero-order valence-corrected chi connectivity index (χ0v) is 10.8. The Bertz CT molecular complexity index is 561. The van der Waals surface area contributed by atoms with Crippen LogP contribution in [0.1, 0.15) is 19.4 Å². The molecule has 7 nitrogen and oxygen atoms in total. The van der Waals surface area contributed by atoms with Gasteiger partial charge in [-0.1, -0.05) is 0 Å². The molecular weight excluding hydrogens is 250 g/mol. The van der Waals surface area contributed by atoms with Gasteiger partial charge < -0.3 is 10.1 Å². The molecule has 100 valence electrons. The summed E-state index contributed by atoms with van der Waals surface area (Å²) in [6, 6.07) is 5.45. The number of benzene rings is 1. The third-order valence-corrected chi connectivity index (χ3v) is 2.64. The lowest BCUT2D eigenvalue weighted by Crippen LogP contribution is -2.39. The first-order chi connectivity index (χ1) is 8.81. The molecule has 0 aliphatic heterocycles. The fourth-order valence-corrected chi connectivity index (χ4v) is 1.21. The molecule has 7 heteroatoms. The average molecular weight is 263 g/mol. The first-order valence-electron chi connectivity index (χ1n) is 5.37. The fraction of sp³-hybridized carbons (Fsp3) is 0.333. The zero-order valence-electron chi connectivity index (χ0n) is 10.8. The van der Waals surface area contributed by atoms with Crippen LogP contribution in [0.5, 0.6) is 0 Å². The largest absolute Gasteiger partial charge is 0.369 e. The van der Waals surface area contributed by atoms with Crippen LogP contribution in [-0.2, 0) is 9.53 Å². The van der Waals surface area contributed by atoms with E-state index in [1.165, 1.54) is 19.2 Å². The van der Waals surface area contributed by atoms with Gasteiger partial charge in [-0.25, -0.2) is 0 Å². The minimum atomic E-state index is -1.06. The first kappa shape index (κ1) is 14.6. The maximum absolute atomic E-state index is 11.9. The van der Waals surface area contributed by atoms with E-state index in [1.807, 2.05) is 0 Å². The topological polar surface area (TPSA) is 105 Å². The van der Waals surface area contributed by atoms with Crippen LogP contribution in [0, 0.1) is 21.4 Å². The Morgan fingerprint density at radius 3 is 2.63 bits per heavy atom. The monoisotopic (exact) mass is 263 g/mol. The molecule has 1 aromatic carbocycles. The van der Waals surface area contributed by atoms with E-state index in [2.05, 4.69) is 5.32 Å². The Hall–Kier alpha value is -2.46. The van der Waals surface area contributed by atoms with Crippen molar-refractivity contribution in [2.75, 3.05) is 12.4 Å². The van der Waals surface area contributed by atoms with Crippen molar-refractivity contribution in [3.63, 3.8) is 0 Å². The summed E-state index contributed by atoms with van der Waals surface area (Å²) in [6.07, 6.45) is 0. The van der Waals surface area contributed by atoms with Crippen molar-refractivity contribution in [3.05, 3.63) is 33.9 Å².